The van der Waals surface area contributed by atoms with Gasteiger partial charge in [-0.15, -0.1) is 0 Å². The van der Waals surface area contributed by atoms with E-state index in [-0.39, 0.29) is 0 Å². The SMILES string of the molecule is CC(NCCCS(C)=O)c1ccc(N(C)C)cc1. The first-order valence-electron chi connectivity index (χ1n) is 6.31. The maximum atomic E-state index is 10.9. The Morgan fingerprint density at radius 2 is 1.89 bits per heavy atom. The zero-order valence-corrected chi connectivity index (χ0v) is 12.6. The fourth-order valence-corrected chi connectivity index (χ4v) is 2.32. The van der Waals surface area contributed by atoms with Crippen LogP contribution in [0.5, 0.6) is 0 Å². The van der Waals surface area contributed by atoms with E-state index in [0.29, 0.717) is 6.04 Å². The van der Waals surface area contributed by atoms with Gasteiger partial charge in [0.05, 0.1) is 0 Å². The summed E-state index contributed by atoms with van der Waals surface area (Å²) in [6.45, 7) is 3.07. The Labute approximate surface area is 113 Å². The molecule has 0 bridgehead atoms. The van der Waals surface area contributed by atoms with Crippen molar-refractivity contribution in [2.75, 3.05) is 37.5 Å². The molecule has 3 nitrogen and oxygen atoms in total. The van der Waals surface area contributed by atoms with Gasteiger partial charge >= 0.3 is 0 Å². The predicted octanol–water partition coefficient (Wildman–Crippen LogP) is 2.17. The number of hydrogen-bond acceptors (Lipinski definition) is 3. The standard InChI is InChI=1S/C14H24N2OS/c1-12(15-10-5-11-18(4)17)13-6-8-14(9-7-13)16(2)3/h6-9,12,15H,5,10-11H2,1-4H3. The third kappa shape index (κ3) is 5.19. The molecule has 1 aromatic rings. The maximum Gasteiger partial charge on any atom is 0.0361 e. The van der Waals surface area contributed by atoms with Crippen LogP contribution in [0.4, 0.5) is 5.69 Å². The van der Waals surface area contributed by atoms with Crippen molar-refractivity contribution in [3.63, 3.8) is 0 Å². The fraction of sp³-hybridized carbons (Fsp3) is 0.571. The van der Waals surface area contributed by atoms with Crippen LogP contribution in [0.3, 0.4) is 0 Å². The van der Waals surface area contributed by atoms with Crippen molar-refractivity contribution in [3.8, 4) is 0 Å². The van der Waals surface area contributed by atoms with Crippen LogP contribution in [0.1, 0.15) is 24.9 Å². The van der Waals surface area contributed by atoms with E-state index < -0.39 is 10.8 Å². The second kappa shape index (κ2) is 7.54. The van der Waals surface area contributed by atoms with Crippen LogP contribution < -0.4 is 10.2 Å². The second-order valence-electron chi connectivity index (χ2n) is 4.79. The largest absolute Gasteiger partial charge is 0.378 e. The third-order valence-electron chi connectivity index (χ3n) is 2.97. The molecule has 0 saturated carbocycles. The molecule has 0 fully saturated rings. The molecular weight excluding hydrogens is 244 g/mol. The number of nitrogens with zero attached hydrogens (tertiary/aromatic N) is 1. The zero-order valence-electron chi connectivity index (χ0n) is 11.8. The molecule has 1 aromatic carbocycles. The van der Waals surface area contributed by atoms with Crippen molar-refractivity contribution in [1.29, 1.82) is 0 Å². The Bertz CT molecular complexity index is 376. The van der Waals surface area contributed by atoms with E-state index in [9.17, 15) is 4.21 Å². The van der Waals surface area contributed by atoms with Crippen LogP contribution in [0.25, 0.3) is 0 Å². The Balaban J connectivity index is 2.41. The highest BCUT2D eigenvalue weighted by atomic mass is 32.2. The first-order valence-corrected chi connectivity index (χ1v) is 8.04. The summed E-state index contributed by atoms with van der Waals surface area (Å²) >= 11 is 0. The molecule has 102 valence electrons. The number of benzene rings is 1. The Morgan fingerprint density at radius 1 is 1.28 bits per heavy atom. The average Bonchev–Trinajstić information content (AvgIpc) is 2.34. The molecule has 0 aliphatic carbocycles. The molecule has 4 heteroatoms. The van der Waals surface area contributed by atoms with Crippen molar-refractivity contribution in [3.05, 3.63) is 29.8 Å². The van der Waals surface area contributed by atoms with Crippen molar-refractivity contribution in [1.82, 2.24) is 5.32 Å². The molecule has 0 heterocycles. The average molecular weight is 268 g/mol. The quantitative estimate of drug-likeness (QED) is 0.769. The predicted molar refractivity (Wildman–Crippen MR) is 80.7 cm³/mol. The third-order valence-corrected chi connectivity index (χ3v) is 3.83. The molecule has 0 spiro atoms. The summed E-state index contributed by atoms with van der Waals surface area (Å²) < 4.78 is 10.9. The molecule has 18 heavy (non-hydrogen) atoms. The summed E-state index contributed by atoms with van der Waals surface area (Å²) in [6.07, 6.45) is 2.71. The summed E-state index contributed by atoms with van der Waals surface area (Å²) in [5.41, 5.74) is 2.51. The monoisotopic (exact) mass is 268 g/mol. The van der Waals surface area contributed by atoms with Crippen LogP contribution in [-0.4, -0.2) is 36.9 Å². The minimum atomic E-state index is -0.679. The van der Waals surface area contributed by atoms with Crippen LogP contribution >= 0.6 is 0 Å². The van der Waals surface area contributed by atoms with Gasteiger partial charge in [-0.3, -0.25) is 4.21 Å². The molecular formula is C14H24N2OS. The van der Waals surface area contributed by atoms with Gasteiger partial charge < -0.3 is 10.2 Å². The van der Waals surface area contributed by atoms with Crippen LogP contribution in [0, 0.1) is 0 Å². The van der Waals surface area contributed by atoms with Crippen molar-refractivity contribution in [2.24, 2.45) is 0 Å². The number of rotatable bonds is 7. The smallest absolute Gasteiger partial charge is 0.0361 e. The lowest BCUT2D eigenvalue weighted by molar-refractivity contribution is 0.570. The number of nitrogens with one attached hydrogen (secondary N) is 1. The molecule has 2 atom stereocenters. The second-order valence-corrected chi connectivity index (χ2v) is 6.35. The Morgan fingerprint density at radius 3 is 2.39 bits per heavy atom. The summed E-state index contributed by atoms with van der Waals surface area (Å²) in [5, 5.41) is 3.45. The van der Waals surface area contributed by atoms with E-state index >= 15 is 0 Å². The van der Waals surface area contributed by atoms with Crippen molar-refractivity contribution in [2.45, 2.75) is 19.4 Å². The first kappa shape index (κ1) is 15.2. The Hall–Kier alpha value is -0.870. The van der Waals surface area contributed by atoms with Crippen LogP contribution in [0.2, 0.25) is 0 Å². The van der Waals surface area contributed by atoms with Gasteiger partial charge in [0.25, 0.3) is 0 Å². The molecule has 0 radical (unpaired) electrons. The van der Waals surface area contributed by atoms with Gasteiger partial charge in [0.1, 0.15) is 0 Å². The molecule has 1 rings (SSSR count). The zero-order chi connectivity index (χ0) is 13.5. The minimum Gasteiger partial charge on any atom is -0.378 e. The lowest BCUT2D eigenvalue weighted by atomic mass is 10.1. The fourth-order valence-electron chi connectivity index (χ4n) is 1.77. The van der Waals surface area contributed by atoms with Gasteiger partial charge in [-0.05, 0) is 37.6 Å². The molecule has 0 aliphatic heterocycles. The van der Waals surface area contributed by atoms with Crippen molar-refractivity contribution < 1.29 is 4.21 Å². The summed E-state index contributed by atoms with van der Waals surface area (Å²) in [7, 11) is 3.41. The van der Waals surface area contributed by atoms with E-state index in [1.807, 2.05) is 14.1 Å². The molecule has 0 saturated heterocycles. The van der Waals surface area contributed by atoms with Gasteiger partial charge in [0, 0.05) is 48.6 Å². The number of anilines is 1. The highest BCUT2D eigenvalue weighted by molar-refractivity contribution is 7.84. The van der Waals surface area contributed by atoms with E-state index in [1.165, 1.54) is 11.3 Å². The minimum absolute atomic E-state index is 0.339. The number of hydrogen-bond donors (Lipinski definition) is 1. The topological polar surface area (TPSA) is 32.3 Å². The van der Waals surface area contributed by atoms with E-state index in [1.54, 1.807) is 6.26 Å². The van der Waals surface area contributed by atoms with Gasteiger partial charge in [-0.1, -0.05) is 12.1 Å². The van der Waals surface area contributed by atoms with E-state index in [0.717, 1.165) is 18.7 Å². The van der Waals surface area contributed by atoms with Crippen molar-refractivity contribution >= 4 is 16.5 Å². The van der Waals surface area contributed by atoms with Gasteiger partial charge in [-0.2, -0.15) is 0 Å². The highest BCUT2D eigenvalue weighted by Crippen LogP contribution is 2.17. The van der Waals surface area contributed by atoms with E-state index in [4.69, 9.17) is 0 Å². The molecule has 2 unspecified atom stereocenters. The first-order chi connectivity index (χ1) is 8.50. The lowest BCUT2D eigenvalue weighted by Gasteiger charge is -2.17. The molecule has 1 N–H and O–H groups in total. The molecule has 0 amide bonds. The summed E-state index contributed by atoms with van der Waals surface area (Å²) in [6, 6.07) is 8.92. The van der Waals surface area contributed by atoms with Gasteiger partial charge in [0.15, 0.2) is 0 Å². The summed E-state index contributed by atoms with van der Waals surface area (Å²) in [4.78, 5) is 2.10. The molecule has 0 aliphatic rings. The van der Waals surface area contributed by atoms with Crippen LogP contribution in [0.15, 0.2) is 24.3 Å². The Kier molecular flexibility index (Phi) is 6.36. The highest BCUT2D eigenvalue weighted by Gasteiger charge is 2.04. The lowest BCUT2D eigenvalue weighted by Crippen LogP contribution is -2.21. The van der Waals surface area contributed by atoms with E-state index in [2.05, 4.69) is 41.4 Å². The normalized spacial score (nSPS) is 14.2. The van der Waals surface area contributed by atoms with Crippen LogP contribution in [-0.2, 0) is 10.8 Å². The summed E-state index contributed by atoms with van der Waals surface area (Å²) in [5.74, 6) is 0.777. The van der Waals surface area contributed by atoms with Gasteiger partial charge in [-0.25, -0.2) is 0 Å². The van der Waals surface area contributed by atoms with Gasteiger partial charge in [0.2, 0.25) is 0 Å². The maximum absolute atomic E-state index is 10.9. The molecule has 0 aromatic heterocycles.